The Balaban J connectivity index is 2.20. The Labute approximate surface area is 141 Å². The summed E-state index contributed by atoms with van der Waals surface area (Å²) in [6.45, 7) is 6.40. The van der Waals surface area contributed by atoms with Crippen molar-refractivity contribution in [1.82, 2.24) is 5.16 Å². The number of hydrogen-bond acceptors (Lipinski definition) is 4. The Kier molecular flexibility index (Phi) is 4.47. The van der Waals surface area contributed by atoms with Gasteiger partial charge in [0.25, 0.3) is 0 Å². The van der Waals surface area contributed by atoms with Gasteiger partial charge < -0.3 is 14.7 Å². The lowest BCUT2D eigenvalue weighted by molar-refractivity contribution is 0.450. The van der Waals surface area contributed by atoms with Gasteiger partial charge in [-0.3, -0.25) is 0 Å². The number of nitrogens with zero attached hydrogens (tertiary/aromatic N) is 1. The van der Waals surface area contributed by atoms with Crippen LogP contribution in [-0.4, -0.2) is 15.4 Å². The van der Waals surface area contributed by atoms with Gasteiger partial charge in [0.05, 0.1) is 0 Å². The van der Waals surface area contributed by atoms with Gasteiger partial charge >= 0.3 is 0 Å². The van der Waals surface area contributed by atoms with Crippen LogP contribution in [0.4, 0.5) is 0 Å². The molecule has 3 aromatic rings. The van der Waals surface area contributed by atoms with Crippen LogP contribution < -0.4 is 0 Å². The van der Waals surface area contributed by atoms with E-state index in [-0.39, 0.29) is 5.75 Å². The molecular formula is C20H23NO3. The number of fused-ring (bicyclic) bond motifs is 1. The summed E-state index contributed by atoms with van der Waals surface area (Å²) in [6, 6.07) is 8.92. The molecule has 0 radical (unpaired) electrons. The highest BCUT2D eigenvalue weighted by Crippen LogP contribution is 2.36. The van der Waals surface area contributed by atoms with Crippen molar-refractivity contribution in [2.45, 2.75) is 40.0 Å². The topological polar surface area (TPSA) is 66.5 Å². The Hall–Kier alpha value is -2.49. The summed E-state index contributed by atoms with van der Waals surface area (Å²) in [4.78, 5) is 0. The molecule has 0 atom stereocenters. The largest absolute Gasteiger partial charge is 0.508 e. The second kappa shape index (κ2) is 6.56. The van der Waals surface area contributed by atoms with Gasteiger partial charge in [0.15, 0.2) is 5.58 Å². The zero-order valence-electron chi connectivity index (χ0n) is 14.3. The average Bonchev–Trinajstić information content (AvgIpc) is 2.92. The molecule has 0 aliphatic rings. The van der Waals surface area contributed by atoms with Crippen LogP contribution >= 0.6 is 0 Å². The highest BCUT2D eigenvalue weighted by molar-refractivity contribution is 5.93. The fourth-order valence-electron chi connectivity index (χ4n) is 3.10. The summed E-state index contributed by atoms with van der Waals surface area (Å²) in [6.07, 6.45) is 2.63. The van der Waals surface area contributed by atoms with E-state index in [9.17, 15) is 10.2 Å². The third-order valence-corrected chi connectivity index (χ3v) is 4.16. The number of aromatic nitrogens is 1. The summed E-state index contributed by atoms with van der Waals surface area (Å²) in [7, 11) is 0. The number of phenols is 2. The Morgan fingerprint density at radius 3 is 2.58 bits per heavy atom. The van der Waals surface area contributed by atoms with E-state index in [4.69, 9.17) is 4.52 Å². The summed E-state index contributed by atoms with van der Waals surface area (Å²) in [5.74, 6) is 0.967. The summed E-state index contributed by atoms with van der Waals surface area (Å²) in [5, 5.41) is 25.0. The average molecular weight is 325 g/mol. The molecule has 0 aliphatic heterocycles. The molecule has 0 aliphatic carbocycles. The molecule has 4 heteroatoms. The minimum atomic E-state index is 0.157. The first kappa shape index (κ1) is 16.4. The highest BCUT2D eigenvalue weighted by Gasteiger charge is 2.18. The van der Waals surface area contributed by atoms with E-state index < -0.39 is 0 Å². The van der Waals surface area contributed by atoms with E-state index >= 15 is 0 Å². The molecule has 0 saturated heterocycles. The standard InChI is InChI=1S/C20H23NO3/c1-4-5-13-9-17(14(8-12(2)3)10-18(13)23)20-16-7-6-15(22)11-19(16)24-21-20/h6-7,9-12,22-23H,4-5,8H2,1-3H3. The second-order valence-electron chi connectivity index (χ2n) is 6.70. The number of aryl methyl sites for hydroxylation is 1. The van der Waals surface area contributed by atoms with Crippen LogP contribution in [0, 0.1) is 5.92 Å². The Bertz CT molecular complexity index is 865. The van der Waals surface area contributed by atoms with Crippen molar-refractivity contribution in [2.75, 3.05) is 0 Å². The van der Waals surface area contributed by atoms with E-state index in [0.717, 1.165) is 47.0 Å². The zero-order valence-corrected chi connectivity index (χ0v) is 14.3. The third kappa shape index (κ3) is 3.09. The quantitative estimate of drug-likeness (QED) is 0.688. The molecule has 2 aromatic carbocycles. The zero-order chi connectivity index (χ0) is 17.3. The van der Waals surface area contributed by atoms with Crippen molar-refractivity contribution >= 4 is 11.0 Å². The first-order chi connectivity index (χ1) is 11.5. The van der Waals surface area contributed by atoms with E-state index in [1.165, 1.54) is 0 Å². The summed E-state index contributed by atoms with van der Waals surface area (Å²) >= 11 is 0. The molecule has 4 nitrogen and oxygen atoms in total. The molecule has 0 fully saturated rings. The fourth-order valence-corrected chi connectivity index (χ4v) is 3.10. The number of hydrogen-bond donors (Lipinski definition) is 2. The minimum Gasteiger partial charge on any atom is -0.508 e. The maximum absolute atomic E-state index is 10.3. The van der Waals surface area contributed by atoms with Crippen LogP contribution in [0.25, 0.3) is 22.2 Å². The van der Waals surface area contributed by atoms with E-state index in [2.05, 4.69) is 25.9 Å². The lowest BCUT2D eigenvalue weighted by atomic mass is 9.92. The van der Waals surface area contributed by atoms with Crippen LogP contribution in [-0.2, 0) is 12.8 Å². The minimum absolute atomic E-state index is 0.157. The lowest BCUT2D eigenvalue weighted by Crippen LogP contribution is -1.99. The molecule has 1 aromatic heterocycles. The molecule has 0 spiro atoms. The van der Waals surface area contributed by atoms with Gasteiger partial charge in [-0.15, -0.1) is 0 Å². The smallest absolute Gasteiger partial charge is 0.171 e. The predicted molar refractivity (Wildman–Crippen MR) is 95.3 cm³/mol. The van der Waals surface area contributed by atoms with Gasteiger partial charge in [-0.05, 0) is 54.2 Å². The first-order valence-electron chi connectivity index (χ1n) is 8.43. The van der Waals surface area contributed by atoms with Gasteiger partial charge in [-0.2, -0.15) is 0 Å². The predicted octanol–water partition coefficient (Wildman–Crippen LogP) is 5.06. The molecule has 126 valence electrons. The van der Waals surface area contributed by atoms with Crippen molar-refractivity contribution in [3.63, 3.8) is 0 Å². The first-order valence-corrected chi connectivity index (χ1v) is 8.43. The molecule has 1 heterocycles. The molecule has 3 rings (SSSR count). The van der Waals surface area contributed by atoms with Crippen molar-refractivity contribution in [2.24, 2.45) is 5.92 Å². The van der Waals surface area contributed by atoms with Gasteiger partial charge in [0.1, 0.15) is 17.2 Å². The van der Waals surface area contributed by atoms with Gasteiger partial charge in [0.2, 0.25) is 0 Å². The molecule has 0 unspecified atom stereocenters. The van der Waals surface area contributed by atoms with E-state index in [1.54, 1.807) is 12.1 Å². The Morgan fingerprint density at radius 2 is 1.88 bits per heavy atom. The van der Waals surface area contributed by atoms with Gasteiger partial charge in [-0.1, -0.05) is 32.3 Å². The monoisotopic (exact) mass is 325 g/mol. The van der Waals surface area contributed by atoms with Gasteiger partial charge in [-0.25, -0.2) is 0 Å². The number of phenolic OH excluding ortho intramolecular Hbond substituents is 2. The molecule has 0 bridgehead atoms. The number of rotatable bonds is 5. The number of aromatic hydroxyl groups is 2. The van der Waals surface area contributed by atoms with Gasteiger partial charge in [0, 0.05) is 17.0 Å². The Morgan fingerprint density at radius 1 is 1.08 bits per heavy atom. The van der Waals surface area contributed by atoms with Crippen LogP contribution in [0.5, 0.6) is 11.5 Å². The van der Waals surface area contributed by atoms with E-state index in [0.29, 0.717) is 17.3 Å². The molecule has 24 heavy (non-hydrogen) atoms. The van der Waals surface area contributed by atoms with Crippen LogP contribution in [0.15, 0.2) is 34.9 Å². The normalized spacial score (nSPS) is 11.5. The van der Waals surface area contributed by atoms with E-state index in [1.807, 2.05) is 18.2 Å². The maximum Gasteiger partial charge on any atom is 0.171 e. The lowest BCUT2D eigenvalue weighted by Gasteiger charge is -2.14. The maximum atomic E-state index is 10.3. The SMILES string of the molecule is CCCc1cc(-c2noc3cc(O)ccc23)c(CC(C)C)cc1O. The highest BCUT2D eigenvalue weighted by atomic mass is 16.5. The molecular weight excluding hydrogens is 302 g/mol. The van der Waals surface area contributed by atoms with Crippen LogP contribution in [0.1, 0.15) is 38.3 Å². The van der Waals surface area contributed by atoms with Crippen molar-refractivity contribution in [3.8, 4) is 22.8 Å². The molecule has 2 N–H and O–H groups in total. The third-order valence-electron chi connectivity index (χ3n) is 4.16. The molecule has 0 amide bonds. The number of benzene rings is 2. The fraction of sp³-hybridized carbons (Fsp3) is 0.350. The van der Waals surface area contributed by atoms with Crippen LogP contribution in [0.3, 0.4) is 0 Å². The second-order valence-corrected chi connectivity index (χ2v) is 6.70. The molecule has 0 saturated carbocycles. The summed E-state index contributed by atoms with van der Waals surface area (Å²) < 4.78 is 5.40. The van der Waals surface area contributed by atoms with Crippen molar-refractivity contribution < 1.29 is 14.7 Å². The van der Waals surface area contributed by atoms with Crippen molar-refractivity contribution in [3.05, 3.63) is 41.5 Å². The summed E-state index contributed by atoms with van der Waals surface area (Å²) in [5.41, 5.74) is 4.30. The van der Waals surface area contributed by atoms with Crippen LogP contribution in [0.2, 0.25) is 0 Å². The van der Waals surface area contributed by atoms with Crippen molar-refractivity contribution in [1.29, 1.82) is 0 Å².